The first-order valence-electron chi connectivity index (χ1n) is 9.90. The van der Waals surface area contributed by atoms with Crippen molar-refractivity contribution >= 4 is 43.5 Å². The van der Waals surface area contributed by atoms with Crippen molar-refractivity contribution in [3.05, 3.63) is 78.6 Å². The second kappa shape index (κ2) is 5.71. The topological polar surface area (TPSA) is 21.9 Å². The predicted molar refractivity (Wildman–Crippen MR) is 119 cm³/mol. The highest BCUT2D eigenvalue weighted by atomic mass is 16.3. The molecule has 4 aromatic carbocycles. The fourth-order valence-corrected chi connectivity index (χ4v) is 4.69. The Kier molecular flexibility index (Phi) is 3.22. The van der Waals surface area contributed by atoms with E-state index in [0.29, 0.717) is 0 Å². The van der Waals surface area contributed by atoms with Crippen LogP contribution in [0.1, 0.15) is 5.56 Å². The van der Waals surface area contributed by atoms with Crippen LogP contribution < -0.4 is 4.57 Å². The maximum absolute atomic E-state index is 6.53. The number of imidazole rings is 1. The Hall–Kier alpha value is -3.59. The number of aromatic nitrogens is 2. The Labute approximate surface area is 168 Å². The van der Waals surface area contributed by atoms with Crippen LogP contribution in [0.5, 0.6) is 0 Å². The summed E-state index contributed by atoms with van der Waals surface area (Å²) >= 11 is 0. The van der Waals surface area contributed by atoms with Gasteiger partial charge in [-0.25, -0.2) is 9.13 Å². The van der Waals surface area contributed by atoms with E-state index in [-0.39, 0.29) is 0 Å². The van der Waals surface area contributed by atoms with Crippen LogP contribution >= 0.6 is 0 Å². The van der Waals surface area contributed by atoms with E-state index in [1.807, 2.05) is 0 Å². The molecule has 6 aromatic rings. The minimum absolute atomic E-state index is 0.933. The van der Waals surface area contributed by atoms with Gasteiger partial charge in [0.15, 0.2) is 0 Å². The Morgan fingerprint density at radius 3 is 2.48 bits per heavy atom. The third-order valence-corrected chi connectivity index (χ3v) is 6.11. The molecule has 140 valence electrons. The summed E-state index contributed by atoms with van der Waals surface area (Å²) in [5.74, 6) is 1.17. The highest BCUT2D eigenvalue weighted by Gasteiger charge is 2.20. The summed E-state index contributed by atoms with van der Waals surface area (Å²) < 4.78 is 10.8. The van der Waals surface area contributed by atoms with Crippen molar-refractivity contribution in [1.82, 2.24) is 4.57 Å². The molecule has 2 aromatic heterocycles. The number of furan rings is 1. The lowest BCUT2D eigenvalue weighted by atomic mass is 9.98. The van der Waals surface area contributed by atoms with Crippen molar-refractivity contribution in [2.45, 2.75) is 6.92 Å². The number of hydrogen-bond acceptors (Lipinski definition) is 1. The van der Waals surface area contributed by atoms with Gasteiger partial charge in [-0.1, -0.05) is 42.5 Å². The lowest BCUT2D eigenvalue weighted by Crippen LogP contribution is -2.29. The molecule has 0 amide bonds. The molecule has 0 N–H and O–H groups in total. The molecule has 29 heavy (non-hydrogen) atoms. The lowest BCUT2D eigenvalue weighted by Gasteiger charge is -2.04. The second-order valence-electron chi connectivity index (χ2n) is 7.94. The van der Waals surface area contributed by atoms with Gasteiger partial charge in [0.05, 0.1) is 19.7 Å². The zero-order chi connectivity index (χ0) is 19.7. The van der Waals surface area contributed by atoms with Gasteiger partial charge in [-0.05, 0) is 46.8 Å². The van der Waals surface area contributed by atoms with E-state index >= 15 is 0 Å². The van der Waals surface area contributed by atoms with Crippen LogP contribution in [0.2, 0.25) is 0 Å². The van der Waals surface area contributed by atoms with Crippen LogP contribution in [-0.4, -0.2) is 4.57 Å². The lowest BCUT2D eigenvalue weighted by molar-refractivity contribution is -0.659. The quantitative estimate of drug-likeness (QED) is 0.253. The average molecular weight is 377 g/mol. The molecule has 2 heterocycles. The average Bonchev–Trinajstić information content (AvgIpc) is 3.26. The molecule has 0 aliphatic rings. The van der Waals surface area contributed by atoms with E-state index in [0.717, 1.165) is 11.2 Å². The van der Waals surface area contributed by atoms with Crippen LogP contribution in [-0.2, 0) is 14.1 Å². The number of aryl methyl sites for hydroxylation is 3. The van der Waals surface area contributed by atoms with Crippen LogP contribution in [0, 0.1) is 6.92 Å². The zero-order valence-electron chi connectivity index (χ0n) is 16.7. The van der Waals surface area contributed by atoms with Gasteiger partial charge in [-0.2, -0.15) is 0 Å². The van der Waals surface area contributed by atoms with Crippen LogP contribution in [0.3, 0.4) is 0 Å². The van der Waals surface area contributed by atoms with Crippen LogP contribution in [0.25, 0.3) is 54.9 Å². The number of hydrogen-bond donors (Lipinski definition) is 0. The highest BCUT2D eigenvalue weighted by Crippen LogP contribution is 2.39. The summed E-state index contributed by atoms with van der Waals surface area (Å²) in [5, 5.41) is 7.23. The first kappa shape index (κ1) is 16.4. The van der Waals surface area contributed by atoms with Crippen molar-refractivity contribution in [3.8, 4) is 11.4 Å². The summed E-state index contributed by atoms with van der Waals surface area (Å²) in [6.07, 6.45) is 4.16. The van der Waals surface area contributed by atoms with E-state index in [9.17, 15) is 0 Å². The Morgan fingerprint density at radius 2 is 1.66 bits per heavy atom. The molecule has 0 aliphatic carbocycles. The number of nitrogens with zero attached hydrogens (tertiary/aromatic N) is 2. The van der Waals surface area contributed by atoms with Gasteiger partial charge >= 0.3 is 0 Å². The van der Waals surface area contributed by atoms with E-state index in [4.69, 9.17) is 4.42 Å². The molecule has 0 saturated carbocycles. The standard InChI is InChI=1S/C26H21N2O/c1-16-14-22-20-11-10-18-9-8-17-6-4-5-7-19(17)24(18)25(20)29-23(22)15-21(16)26-27(2)12-13-28(26)3/h4-15H,1-3H3/q+1. The summed E-state index contributed by atoms with van der Waals surface area (Å²) in [6.45, 7) is 2.18. The van der Waals surface area contributed by atoms with Gasteiger partial charge in [-0.3, -0.25) is 0 Å². The van der Waals surface area contributed by atoms with Gasteiger partial charge in [0.1, 0.15) is 23.6 Å². The van der Waals surface area contributed by atoms with E-state index < -0.39 is 0 Å². The Balaban J connectivity index is 1.76. The van der Waals surface area contributed by atoms with Crippen molar-refractivity contribution in [3.63, 3.8) is 0 Å². The molecular weight excluding hydrogens is 356 g/mol. The zero-order valence-corrected chi connectivity index (χ0v) is 16.7. The maximum atomic E-state index is 6.53. The third-order valence-electron chi connectivity index (χ3n) is 6.11. The summed E-state index contributed by atoms with van der Waals surface area (Å²) in [7, 11) is 4.16. The van der Waals surface area contributed by atoms with E-state index in [2.05, 4.69) is 103 Å². The molecule has 0 fully saturated rings. The van der Waals surface area contributed by atoms with Crippen molar-refractivity contribution in [2.24, 2.45) is 14.1 Å². The van der Waals surface area contributed by atoms with Gasteiger partial charge < -0.3 is 4.42 Å². The van der Waals surface area contributed by atoms with Gasteiger partial charge in [0, 0.05) is 16.2 Å². The largest absolute Gasteiger partial charge is 0.455 e. The molecule has 3 heteroatoms. The molecule has 0 radical (unpaired) electrons. The Morgan fingerprint density at radius 1 is 0.862 bits per heavy atom. The van der Waals surface area contributed by atoms with Crippen LogP contribution in [0.15, 0.2) is 77.5 Å². The van der Waals surface area contributed by atoms with Gasteiger partial charge in [0.2, 0.25) is 0 Å². The molecule has 0 atom stereocenters. The normalized spacial score (nSPS) is 12.0. The van der Waals surface area contributed by atoms with Crippen molar-refractivity contribution in [1.29, 1.82) is 0 Å². The molecule has 0 aliphatic heterocycles. The molecule has 6 rings (SSSR count). The first-order valence-corrected chi connectivity index (χ1v) is 9.90. The Bertz CT molecular complexity index is 1560. The molecular formula is C26H21N2O+. The minimum atomic E-state index is 0.933. The molecule has 0 unspecified atom stereocenters. The van der Waals surface area contributed by atoms with Crippen molar-refractivity contribution in [2.75, 3.05) is 0 Å². The minimum Gasteiger partial charge on any atom is -0.455 e. The fourth-order valence-electron chi connectivity index (χ4n) is 4.69. The molecule has 0 saturated heterocycles. The summed E-state index contributed by atoms with van der Waals surface area (Å²) in [4.78, 5) is 0. The molecule has 0 spiro atoms. The first-order chi connectivity index (χ1) is 14.1. The predicted octanol–water partition coefficient (Wildman–Crippen LogP) is 6.03. The fraction of sp³-hybridized carbons (Fsp3) is 0.115. The van der Waals surface area contributed by atoms with Crippen LogP contribution in [0.4, 0.5) is 0 Å². The maximum Gasteiger partial charge on any atom is 0.288 e. The second-order valence-corrected chi connectivity index (χ2v) is 7.94. The van der Waals surface area contributed by atoms with E-state index in [1.54, 1.807) is 0 Å². The smallest absolute Gasteiger partial charge is 0.288 e. The summed E-state index contributed by atoms with van der Waals surface area (Å²) in [5.41, 5.74) is 4.35. The number of benzene rings is 4. The highest BCUT2D eigenvalue weighted by molar-refractivity contribution is 6.23. The summed E-state index contributed by atoms with van der Waals surface area (Å²) in [6, 6.07) is 21.8. The SMILES string of the molecule is Cc1cc2c(cc1-c1n(C)cc[n+]1C)oc1c2ccc2ccc3ccccc3c21. The molecule has 0 bridgehead atoms. The number of fused-ring (bicyclic) bond motifs is 7. The number of rotatable bonds is 1. The van der Waals surface area contributed by atoms with Gasteiger partial charge in [0.25, 0.3) is 5.82 Å². The van der Waals surface area contributed by atoms with E-state index in [1.165, 1.54) is 49.3 Å². The monoisotopic (exact) mass is 377 g/mol. The molecule has 3 nitrogen and oxygen atoms in total. The van der Waals surface area contributed by atoms with Gasteiger partial charge in [-0.15, -0.1) is 0 Å². The van der Waals surface area contributed by atoms with Crippen molar-refractivity contribution < 1.29 is 8.98 Å². The third kappa shape index (κ3) is 2.21.